The number of hydrogen-bond donors (Lipinski definition) is 1. The highest BCUT2D eigenvalue weighted by Gasteiger charge is 2.30. The number of ether oxygens (including phenoxy) is 1. The third-order valence-electron chi connectivity index (χ3n) is 5.31. The van der Waals surface area contributed by atoms with Crippen LogP contribution in [0.2, 0.25) is 0 Å². The molecule has 0 atom stereocenters. The summed E-state index contributed by atoms with van der Waals surface area (Å²) in [6.07, 6.45) is 0. The van der Waals surface area contributed by atoms with Gasteiger partial charge in [0.05, 0.1) is 18.2 Å². The highest BCUT2D eigenvalue weighted by molar-refractivity contribution is 7.98. The third kappa shape index (κ3) is 5.13. The van der Waals surface area contributed by atoms with Crippen molar-refractivity contribution in [2.75, 3.05) is 7.11 Å². The Kier molecular flexibility index (Phi) is 6.95. The molecule has 0 aliphatic rings. The largest absolute Gasteiger partial charge is 0.496 e. The Hall–Kier alpha value is -2.45. The van der Waals surface area contributed by atoms with E-state index in [0.717, 1.165) is 33.0 Å². The lowest BCUT2D eigenvalue weighted by atomic mass is 9.85. The van der Waals surface area contributed by atoms with Crippen LogP contribution in [0.4, 0.5) is 8.78 Å². The molecule has 3 rings (SSSR count). The molecule has 0 unspecified atom stereocenters. The lowest BCUT2D eigenvalue weighted by molar-refractivity contribution is -0.142. The molecule has 3 aromatic rings. The van der Waals surface area contributed by atoms with E-state index in [0.29, 0.717) is 17.1 Å². The van der Waals surface area contributed by atoms with E-state index in [2.05, 4.69) is 4.98 Å². The molecule has 1 aromatic heterocycles. The molecule has 8 heteroatoms. The van der Waals surface area contributed by atoms with E-state index in [1.807, 2.05) is 19.1 Å². The minimum absolute atomic E-state index is 0.0214. The number of thiazole rings is 1. The Labute approximate surface area is 194 Å². The second-order valence-corrected chi connectivity index (χ2v) is 10.2. The molecule has 2 aromatic carbocycles. The molecule has 4 nitrogen and oxygen atoms in total. The van der Waals surface area contributed by atoms with Crippen LogP contribution in [0.15, 0.2) is 47.4 Å². The summed E-state index contributed by atoms with van der Waals surface area (Å²) in [5.74, 6) is -2.48. The third-order valence-corrected chi connectivity index (χ3v) is 7.78. The Morgan fingerprint density at radius 3 is 2.31 bits per heavy atom. The molecule has 0 bridgehead atoms. The molecule has 1 heterocycles. The van der Waals surface area contributed by atoms with Gasteiger partial charge in [-0.25, -0.2) is 13.8 Å². The van der Waals surface area contributed by atoms with Gasteiger partial charge in [0.2, 0.25) is 0 Å². The van der Waals surface area contributed by atoms with Crippen LogP contribution < -0.4 is 4.74 Å². The van der Waals surface area contributed by atoms with E-state index >= 15 is 0 Å². The number of carbonyl (C=O) groups is 1. The first kappa shape index (κ1) is 24.2. The molecular formula is C24H25F2NO3S2. The lowest BCUT2D eigenvalue weighted by Gasteiger charge is -2.21. The number of benzene rings is 2. The van der Waals surface area contributed by atoms with Gasteiger partial charge >= 0.3 is 5.97 Å². The van der Waals surface area contributed by atoms with Crippen LogP contribution in [-0.2, 0) is 21.9 Å². The predicted molar refractivity (Wildman–Crippen MR) is 125 cm³/mol. The number of aryl methyl sites for hydroxylation is 1. The monoisotopic (exact) mass is 477 g/mol. The number of aliphatic carboxylic acids is 1. The maximum absolute atomic E-state index is 13.5. The summed E-state index contributed by atoms with van der Waals surface area (Å²) < 4.78 is 32.4. The molecule has 0 aliphatic heterocycles. The molecule has 0 fully saturated rings. The standard InChI is InChI=1S/C24H25F2NO3S2/c1-14-20(32-21(27-14)15-6-8-16(9-7-15)24(4,25)26)13-31-19-11-10-17(12-18(19)30-5)23(2,3)22(28)29/h6-12H,13H2,1-5H3,(H,28,29). The molecule has 32 heavy (non-hydrogen) atoms. The van der Waals surface area contributed by atoms with Crippen LogP contribution >= 0.6 is 23.1 Å². The van der Waals surface area contributed by atoms with Crippen LogP contribution in [-0.4, -0.2) is 23.2 Å². The first-order valence-electron chi connectivity index (χ1n) is 9.93. The molecule has 0 saturated carbocycles. The molecule has 0 amide bonds. The number of halogens is 2. The molecule has 1 N–H and O–H groups in total. The van der Waals surface area contributed by atoms with Gasteiger partial charge in [-0.3, -0.25) is 4.79 Å². The fraction of sp³-hybridized carbons (Fsp3) is 0.333. The number of thioether (sulfide) groups is 1. The predicted octanol–water partition coefficient (Wildman–Crippen LogP) is 6.89. The van der Waals surface area contributed by atoms with Crippen molar-refractivity contribution in [2.45, 2.75) is 49.7 Å². The van der Waals surface area contributed by atoms with Crippen molar-refractivity contribution < 1.29 is 23.4 Å². The van der Waals surface area contributed by atoms with E-state index < -0.39 is 17.3 Å². The van der Waals surface area contributed by atoms with Gasteiger partial charge in [-0.1, -0.05) is 30.3 Å². The van der Waals surface area contributed by atoms with E-state index in [4.69, 9.17) is 4.74 Å². The van der Waals surface area contributed by atoms with Crippen LogP contribution in [0.3, 0.4) is 0 Å². The number of carboxylic acids is 1. The first-order valence-corrected chi connectivity index (χ1v) is 11.7. The van der Waals surface area contributed by atoms with E-state index in [1.54, 1.807) is 50.9 Å². The van der Waals surface area contributed by atoms with Gasteiger partial charge in [0.25, 0.3) is 5.92 Å². The smallest absolute Gasteiger partial charge is 0.313 e. The highest BCUT2D eigenvalue weighted by Crippen LogP contribution is 2.38. The van der Waals surface area contributed by atoms with Crippen molar-refractivity contribution in [1.82, 2.24) is 4.98 Å². The number of methoxy groups -OCH3 is 1. The summed E-state index contributed by atoms with van der Waals surface area (Å²) in [7, 11) is 1.57. The van der Waals surface area contributed by atoms with E-state index in [9.17, 15) is 18.7 Å². The molecular weight excluding hydrogens is 452 g/mol. The molecule has 0 aliphatic carbocycles. The minimum Gasteiger partial charge on any atom is -0.496 e. The number of aromatic nitrogens is 1. The van der Waals surface area contributed by atoms with Crippen LogP contribution in [0.5, 0.6) is 5.75 Å². The zero-order valence-electron chi connectivity index (χ0n) is 18.5. The molecule has 0 radical (unpaired) electrons. The maximum atomic E-state index is 13.5. The number of nitrogens with zero attached hydrogens (tertiary/aromatic N) is 1. The van der Waals surface area contributed by atoms with Crippen molar-refractivity contribution >= 4 is 29.1 Å². The van der Waals surface area contributed by atoms with Gasteiger partial charge in [-0.05, 0) is 38.5 Å². The SMILES string of the molecule is COc1cc(C(C)(C)C(=O)O)ccc1SCc1sc(-c2ccc(C(C)(F)F)cc2)nc1C. The summed E-state index contributed by atoms with van der Waals surface area (Å²) >= 11 is 3.11. The van der Waals surface area contributed by atoms with Gasteiger partial charge < -0.3 is 9.84 Å². The average molecular weight is 478 g/mol. The minimum atomic E-state index is -2.87. The second kappa shape index (κ2) is 9.19. The van der Waals surface area contributed by atoms with Crippen molar-refractivity contribution in [1.29, 1.82) is 0 Å². The summed E-state index contributed by atoms with van der Waals surface area (Å²) in [6, 6.07) is 11.7. The van der Waals surface area contributed by atoms with Gasteiger partial charge in [0, 0.05) is 33.6 Å². The molecule has 170 valence electrons. The van der Waals surface area contributed by atoms with Crippen molar-refractivity contribution in [2.24, 2.45) is 0 Å². The number of carboxylic acid groups (broad SMARTS) is 1. The summed E-state index contributed by atoms with van der Waals surface area (Å²) in [4.78, 5) is 18.1. The quantitative estimate of drug-likeness (QED) is 0.358. The van der Waals surface area contributed by atoms with Crippen molar-refractivity contribution in [3.05, 3.63) is 64.2 Å². The second-order valence-electron chi connectivity index (χ2n) is 8.08. The fourth-order valence-electron chi connectivity index (χ4n) is 3.03. The zero-order valence-corrected chi connectivity index (χ0v) is 20.2. The zero-order chi connectivity index (χ0) is 23.7. The number of rotatable bonds is 8. The van der Waals surface area contributed by atoms with Crippen LogP contribution in [0.25, 0.3) is 10.6 Å². The number of alkyl halides is 2. The van der Waals surface area contributed by atoms with Gasteiger partial charge in [0.15, 0.2) is 0 Å². The maximum Gasteiger partial charge on any atom is 0.313 e. The van der Waals surface area contributed by atoms with Crippen molar-refractivity contribution in [3.8, 4) is 16.3 Å². The van der Waals surface area contributed by atoms with Gasteiger partial charge in [0.1, 0.15) is 10.8 Å². The summed E-state index contributed by atoms with van der Waals surface area (Å²) in [6.45, 7) is 6.13. The first-order chi connectivity index (χ1) is 14.9. The molecule has 0 spiro atoms. The van der Waals surface area contributed by atoms with Crippen molar-refractivity contribution in [3.63, 3.8) is 0 Å². The Balaban J connectivity index is 1.78. The normalized spacial score (nSPS) is 12.1. The van der Waals surface area contributed by atoms with Gasteiger partial charge in [-0.2, -0.15) is 0 Å². The Morgan fingerprint density at radius 2 is 1.75 bits per heavy atom. The Bertz CT molecular complexity index is 1120. The van der Waals surface area contributed by atoms with Crippen LogP contribution in [0, 0.1) is 6.92 Å². The molecule has 0 saturated heterocycles. The number of hydrogen-bond acceptors (Lipinski definition) is 5. The Morgan fingerprint density at radius 1 is 1.12 bits per heavy atom. The lowest BCUT2D eigenvalue weighted by Crippen LogP contribution is -2.28. The van der Waals surface area contributed by atoms with Gasteiger partial charge in [-0.15, -0.1) is 23.1 Å². The fourth-order valence-corrected chi connectivity index (χ4v) is 5.25. The summed E-state index contributed by atoms with van der Waals surface area (Å²) in [5, 5.41) is 10.3. The average Bonchev–Trinajstić information content (AvgIpc) is 3.12. The summed E-state index contributed by atoms with van der Waals surface area (Å²) in [5.41, 5.74) is 1.33. The van der Waals surface area contributed by atoms with E-state index in [-0.39, 0.29) is 5.56 Å². The highest BCUT2D eigenvalue weighted by atomic mass is 32.2. The van der Waals surface area contributed by atoms with Crippen LogP contribution in [0.1, 0.15) is 42.5 Å². The topological polar surface area (TPSA) is 59.4 Å². The van der Waals surface area contributed by atoms with E-state index in [1.165, 1.54) is 23.5 Å².